The Morgan fingerprint density at radius 1 is 1.20 bits per heavy atom. The average molecular weight is 553 g/mol. The van der Waals surface area contributed by atoms with Gasteiger partial charge in [-0.15, -0.1) is 0 Å². The Hall–Kier alpha value is -3.73. The third-order valence-electron chi connectivity index (χ3n) is 7.18. The van der Waals surface area contributed by atoms with Crippen LogP contribution in [0.25, 0.3) is 0 Å². The van der Waals surface area contributed by atoms with Gasteiger partial charge in [-0.05, 0) is 37.1 Å². The molecule has 214 valence electrons. The van der Waals surface area contributed by atoms with Gasteiger partial charge in [0, 0.05) is 43.0 Å². The highest BCUT2D eigenvalue weighted by atomic mass is 16.5. The number of nitrogens with one attached hydrogen (secondary N) is 1. The van der Waals surface area contributed by atoms with Gasteiger partial charge in [0.05, 0.1) is 32.1 Å². The lowest BCUT2D eigenvalue weighted by atomic mass is 9.77. The molecule has 4 rings (SSSR count). The second kappa shape index (κ2) is 13.6. The van der Waals surface area contributed by atoms with Crippen molar-refractivity contribution >= 4 is 18.1 Å². The molecule has 0 bridgehead atoms. The first-order valence-corrected chi connectivity index (χ1v) is 13.5. The Kier molecular flexibility index (Phi) is 9.92. The van der Waals surface area contributed by atoms with E-state index in [0.717, 1.165) is 5.56 Å². The van der Waals surface area contributed by atoms with Crippen LogP contribution in [0.2, 0.25) is 0 Å². The van der Waals surface area contributed by atoms with Crippen LogP contribution in [-0.2, 0) is 20.7 Å². The van der Waals surface area contributed by atoms with Gasteiger partial charge in [-0.3, -0.25) is 14.4 Å². The van der Waals surface area contributed by atoms with Crippen molar-refractivity contribution in [2.24, 2.45) is 0 Å². The van der Waals surface area contributed by atoms with Crippen LogP contribution in [0.3, 0.4) is 0 Å². The topological polar surface area (TPSA) is 135 Å². The molecule has 2 amide bonds. The number of carbonyl (C=O) groups is 3. The molecule has 1 aliphatic heterocycles. The molecule has 0 unspecified atom stereocenters. The molecular weight excluding hydrogens is 516 g/mol. The minimum Gasteiger partial charge on any atom is -0.493 e. The van der Waals surface area contributed by atoms with E-state index >= 15 is 0 Å². The molecular formula is C30H36N2O8. The highest BCUT2D eigenvalue weighted by Crippen LogP contribution is 2.51. The number of nitrogens with zero attached hydrogens (tertiary/aromatic N) is 1. The maximum absolute atomic E-state index is 13.7. The van der Waals surface area contributed by atoms with Gasteiger partial charge >= 0.3 is 0 Å². The van der Waals surface area contributed by atoms with Crippen LogP contribution in [0.1, 0.15) is 40.7 Å². The van der Waals surface area contributed by atoms with E-state index in [2.05, 4.69) is 5.32 Å². The summed E-state index contributed by atoms with van der Waals surface area (Å²) >= 11 is 0. The normalized spacial score (nSPS) is 20.9. The van der Waals surface area contributed by atoms with Crippen molar-refractivity contribution in [3.63, 3.8) is 0 Å². The van der Waals surface area contributed by atoms with E-state index in [1.54, 1.807) is 17.0 Å². The van der Waals surface area contributed by atoms with Crippen LogP contribution < -0.4 is 14.8 Å². The summed E-state index contributed by atoms with van der Waals surface area (Å²) in [5.74, 6) is -0.752. The monoisotopic (exact) mass is 552 g/mol. The first kappa shape index (κ1) is 29.3. The number of methoxy groups -OCH3 is 1. The molecule has 1 heterocycles. The number of aliphatic hydroxyl groups is 2. The highest BCUT2D eigenvalue weighted by molar-refractivity contribution is 5.96. The maximum atomic E-state index is 13.7. The molecule has 10 heteroatoms. The van der Waals surface area contributed by atoms with E-state index in [9.17, 15) is 24.6 Å². The van der Waals surface area contributed by atoms with E-state index in [1.807, 2.05) is 37.3 Å². The summed E-state index contributed by atoms with van der Waals surface area (Å²) in [5, 5.41) is 23.7. The summed E-state index contributed by atoms with van der Waals surface area (Å²) < 4.78 is 17.2. The van der Waals surface area contributed by atoms with Crippen LogP contribution in [-0.4, -0.2) is 91.5 Å². The number of aldehydes is 1. The van der Waals surface area contributed by atoms with Crippen molar-refractivity contribution in [2.45, 2.75) is 43.9 Å². The SMILES string of the molecule is CCOCCCN(C(=O)Cc1ccccc1)[C@@H]1C=C(C(=O)NCCO)[C@@H]2c3cc(C=O)cc(OC)c3O[C@@H]2[C@H]1O. The first-order chi connectivity index (χ1) is 19.4. The predicted octanol–water partition coefficient (Wildman–Crippen LogP) is 1.63. The van der Waals surface area contributed by atoms with Gasteiger partial charge in [0.25, 0.3) is 0 Å². The van der Waals surface area contributed by atoms with Crippen molar-refractivity contribution in [3.05, 3.63) is 70.8 Å². The van der Waals surface area contributed by atoms with E-state index in [-0.39, 0.29) is 31.1 Å². The molecule has 0 saturated heterocycles. The highest BCUT2D eigenvalue weighted by Gasteiger charge is 2.51. The van der Waals surface area contributed by atoms with Crippen LogP contribution in [0.4, 0.5) is 0 Å². The van der Waals surface area contributed by atoms with Gasteiger partial charge < -0.3 is 34.6 Å². The number of ether oxygens (including phenoxy) is 3. The Balaban J connectivity index is 1.75. The van der Waals surface area contributed by atoms with Crippen molar-refractivity contribution < 1.29 is 38.8 Å². The number of benzene rings is 2. The fourth-order valence-electron chi connectivity index (χ4n) is 5.35. The lowest BCUT2D eigenvalue weighted by Crippen LogP contribution is -2.56. The van der Waals surface area contributed by atoms with Gasteiger partial charge in [0.15, 0.2) is 11.5 Å². The van der Waals surface area contributed by atoms with Gasteiger partial charge in [0.2, 0.25) is 11.8 Å². The Bertz CT molecular complexity index is 1230. The second-order valence-electron chi connectivity index (χ2n) is 9.70. The molecule has 2 aliphatic rings. The molecule has 10 nitrogen and oxygen atoms in total. The third-order valence-corrected chi connectivity index (χ3v) is 7.18. The van der Waals surface area contributed by atoms with E-state index in [4.69, 9.17) is 14.2 Å². The van der Waals surface area contributed by atoms with Crippen LogP contribution in [0.5, 0.6) is 11.5 Å². The van der Waals surface area contributed by atoms with Gasteiger partial charge in [-0.25, -0.2) is 0 Å². The fraction of sp³-hybridized carbons (Fsp3) is 0.433. The zero-order valence-corrected chi connectivity index (χ0v) is 22.7. The molecule has 3 N–H and O–H groups in total. The van der Waals surface area contributed by atoms with Crippen molar-refractivity contribution in [1.29, 1.82) is 0 Å². The van der Waals surface area contributed by atoms with Gasteiger partial charge in [-0.1, -0.05) is 30.3 Å². The van der Waals surface area contributed by atoms with Crippen molar-refractivity contribution in [1.82, 2.24) is 10.2 Å². The van der Waals surface area contributed by atoms with E-state index in [0.29, 0.717) is 55.1 Å². The first-order valence-electron chi connectivity index (χ1n) is 13.5. The summed E-state index contributed by atoms with van der Waals surface area (Å²) in [5.41, 5.74) is 1.97. The summed E-state index contributed by atoms with van der Waals surface area (Å²) in [6.45, 7) is 2.92. The minimum atomic E-state index is -1.19. The molecule has 2 aromatic carbocycles. The number of rotatable bonds is 13. The van der Waals surface area contributed by atoms with Gasteiger partial charge in [0.1, 0.15) is 18.5 Å². The molecule has 0 saturated carbocycles. The number of aliphatic hydroxyl groups excluding tert-OH is 2. The van der Waals surface area contributed by atoms with E-state index < -0.39 is 30.1 Å². The molecule has 0 fully saturated rings. The Morgan fingerprint density at radius 3 is 2.65 bits per heavy atom. The number of hydrogen-bond donors (Lipinski definition) is 3. The second-order valence-corrected chi connectivity index (χ2v) is 9.70. The Morgan fingerprint density at radius 2 is 1.98 bits per heavy atom. The van der Waals surface area contributed by atoms with Gasteiger partial charge in [-0.2, -0.15) is 0 Å². The quantitative estimate of drug-likeness (QED) is 0.252. The lowest BCUT2D eigenvalue weighted by Gasteiger charge is -2.40. The van der Waals surface area contributed by atoms with Crippen LogP contribution >= 0.6 is 0 Å². The average Bonchev–Trinajstić information content (AvgIpc) is 3.36. The molecule has 0 radical (unpaired) electrons. The summed E-state index contributed by atoms with van der Waals surface area (Å²) in [6, 6.07) is 11.6. The zero-order valence-electron chi connectivity index (χ0n) is 22.7. The predicted molar refractivity (Wildman–Crippen MR) is 146 cm³/mol. The molecule has 2 aromatic rings. The largest absolute Gasteiger partial charge is 0.493 e. The summed E-state index contributed by atoms with van der Waals surface area (Å²) in [4.78, 5) is 40.3. The zero-order chi connectivity index (χ0) is 28.6. The molecule has 4 atom stereocenters. The summed E-state index contributed by atoms with van der Waals surface area (Å²) in [7, 11) is 1.45. The molecule has 40 heavy (non-hydrogen) atoms. The van der Waals surface area contributed by atoms with Crippen LogP contribution in [0, 0.1) is 0 Å². The van der Waals surface area contributed by atoms with E-state index in [1.165, 1.54) is 13.2 Å². The Labute approximate surface area is 233 Å². The molecule has 0 spiro atoms. The molecule has 0 aromatic heterocycles. The summed E-state index contributed by atoms with van der Waals surface area (Å²) in [6.07, 6.45) is 0.821. The number of hydrogen-bond acceptors (Lipinski definition) is 8. The fourth-order valence-corrected chi connectivity index (χ4v) is 5.35. The standard InChI is InChI=1S/C30H36N2O8/c1-3-39-13-7-11-32(25(35)16-19-8-5-4-6-9-19)23-17-22(30(37)31-10-12-33)26-21-14-20(18-34)15-24(38-2)28(21)40-29(26)27(23)36/h4-6,8-9,14-15,17-18,23,26-27,29,33,36H,3,7,10-13,16H2,1-2H3,(H,31,37)/t23-,26+,27+,29+/m1/s1. The van der Waals surface area contributed by atoms with Crippen molar-refractivity contribution in [2.75, 3.05) is 40.0 Å². The molecule has 1 aliphatic carbocycles. The smallest absolute Gasteiger partial charge is 0.247 e. The maximum Gasteiger partial charge on any atom is 0.247 e. The van der Waals surface area contributed by atoms with Crippen LogP contribution in [0.15, 0.2) is 54.1 Å². The number of carbonyl (C=O) groups excluding carboxylic acids is 3. The minimum absolute atomic E-state index is 0.0250. The number of amides is 2. The lowest BCUT2D eigenvalue weighted by molar-refractivity contribution is -0.136. The van der Waals surface area contributed by atoms with Crippen molar-refractivity contribution in [3.8, 4) is 11.5 Å². The third kappa shape index (κ3) is 6.19. The number of fused-ring (bicyclic) bond motifs is 3.